The summed E-state index contributed by atoms with van der Waals surface area (Å²) in [6.45, 7) is 11.4. The third-order valence-corrected chi connectivity index (χ3v) is 7.14. The average Bonchev–Trinajstić information content (AvgIpc) is 2.67. The first-order valence-corrected chi connectivity index (χ1v) is 12.1. The maximum atomic E-state index is 6.51. The predicted octanol–water partition coefficient (Wildman–Crippen LogP) is 10.1. The number of alkyl halides is 2. The number of rotatable bonds is 8. The largest absolute Gasteiger partial charge is 0.469 e. The van der Waals surface area contributed by atoms with E-state index in [2.05, 4.69) is 0 Å². The zero-order valence-corrected chi connectivity index (χ0v) is 22.8. The van der Waals surface area contributed by atoms with Crippen molar-refractivity contribution in [1.29, 1.82) is 0 Å². The third-order valence-electron chi connectivity index (χ3n) is 5.33. The van der Waals surface area contributed by atoms with Crippen molar-refractivity contribution in [2.75, 3.05) is 0 Å². The molecule has 0 radical (unpaired) electrons. The highest BCUT2D eigenvalue weighted by atomic mass is 35.5. The van der Waals surface area contributed by atoms with E-state index in [-0.39, 0.29) is 0 Å². The molecule has 0 spiro atoms. The van der Waals surface area contributed by atoms with Crippen LogP contribution in [0.15, 0.2) is 24.3 Å². The molecule has 2 unspecified atom stereocenters. The van der Waals surface area contributed by atoms with Crippen molar-refractivity contribution in [1.82, 2.24) is 0 Å². The number of halogens is 6. The summed E-state index contributed by atoms with van der Waals surface area (Å²) in [5.74, 6) is 0.700. The van der Waals surface area contributed by atoms with Gasteiger partial charge in [0.15, 0.2) is 21.6 Å². The molecular formula is C23H26Cl6O2. The molecule has 0 fully saturated rings. The summed E-state index contributed by atoms with van der Waals surface area (Å²) in [5.41, 5.74) is 1.19. The van der Waals surface area contributed by atoms with E-state index in [1.165, 1.54) is 0 Å². The lowest BCUT2D eigenvalue weighted by Crippen LogP contribution is -2.25. The van der Waals surface area contributed by atoms with Gasteiger partial charge >= 0.3 is 0 Å². The maximum absolute atomic E-state index is 6.51. The van der Waals surface area contributed by atoms with E-state index < -0.39 is 15.5 Å². The fraction of sp³-hybridized carbons (Fsp3) is 0.478. The second-order valence-electron chi connectivity index (χ2n) is 8.28. The van der Waals surface area contributed by atoms with Crippen LogP contribution in [0.1, 0.15) is 65.5 Å². The van der Waals surface area contributed by atoms with E-state index in [9.17, 15) is 0 Å². The average molecular weight is 547 g/mol. The molecule has 0 heterocycles. The van der Waals surface area contributed by atoms with Gasteiger partial charge in [-0.05, 0) is 62.1 Å². The Balaban J connectivity index is 2.48. The lowest BCUT2D eigenvalue weighted by Gasteiger charge is -2.30. The van der Waals surface area contributed by atoms with Gasteiger partial charge < -0.3 is 9.47 Å². The molecule has 2 aromatic carbocycles. The lowest BCUT2D eigenvalue weighted by molar-refractivity contribution is 0.173. The summed E-state index contributed by atoms with van der Waals surface area (Å²) in [7, 11) is 0. The smallest absolute Gasteiger partial charge is 0.179 e. The fourth-order valence-electron chi connectivity index (χ4n) is 2.77. The van der Waals surface area contributed by atoms with Crippen LogP contribution in [0.5, 0.6) is 11.5 Å². The van der Waals surface area contributed by atoms with Crippen LogP contribution in [0.4, 0.5) is 0 Å². The SMILES string of the molecule is CCC(C)(Cl)Oc1c(Cl)cc(C(C)(C)c2cc(Cl)c(OC(C)(Cl)CC)c(Cl)c2)cc1Cl. The van der Waals surface area contributed by atoms with Gasteiger partial charge in [0.1, 0.15) is 0 Å². The van der Waals surface area contributed by atoms with Crippen molar-refractivity contribution in [3.63, 3.8) is 0 Å². The molecule has 0 aliphatic carbocycles. The first-order valence-electron chi connectivity index (χ1n) is 9.88. The third kappa shape index (κ3) is 6.43. The predicted molar refractivity (Wildman–Crippen MR) is 135 cm³/mol. The quantitative estimate of drug-likeness (QED) is 0.306. The van der Waals surface area contributed by atoms with E-state index >= 15 is 0 Å². The maximum Gasteiger partial charge on any atom is 0.179 e. The molecule has 31 heavy (non-hydrogen) atoms. The zero-order chi connectivity index (χ0) is 23.8. The van der Waals surface area contributed by atoms with Crippen LogP contribution >= 0.6 is 69.6 Å². The zero-order valence-electron chi connectivity index (χ0n) is 18.3. The molecule has 0 aliphatic heterocycles. The molecule has 8 heteroatoms. The standard InChI is InChI=1S/C23H26Cl6O2/c1-7-22(5,28)30-19-15(24)9-13(10-16(19)25)21(3,4)14-11-17(26)20(18(27)12-14)31-23(6,29)8-2/h9-12H,7-8H2,1-6H3. The van der Waals surface area contributed by atoms with Gasteiger partial charge in [-0.3, -0.25) is 0 Å². The molecule has 0 saturated heterocycles. The molecule has 2 rings (SSSR count). The van der Waals surface area contributed by atoms with Crippen LogP contribution in [-0.4, -0.2) is 10.1 Å². The van der Waals surface area contributed by atoms with Gasteiger partial charge in [-0.25, -0.2) is 0 Å². The van der Waals surface area contributed by atoms with Crippen molar-refractivity contribution < 1.29 is 9.47 Å². The second kappa shape index (κ2) is 9.95. The Morgan fingerprint density at radius 3 is 1.10 bits per heavy atom. The Labute approximate surface area is 215 Å². The molecule has 2 atom stereocenters. The topological polar surface area (TPSA) is 18.5 Å². The van der Waals surface area contributed by atoms with Crippen LogP contribution in [-0.2, 0) is 5.41 Å². The van der Waals surface area contributed by atoms with Crippen molar-refractivity contribution in [2.45, 2.75) is 69.9 Å². The summed E-state index contributed by atoms with van der Waals surface area (Å²) >= 11 is 38.7. The molecule has 0 aromatic heterocycles. The number of benzene rings is 2. The van der Waals surface area contributed by atoms with E-state index in [1.807, 2.05) is 52.0 Å². The fourth-order valence-corrected chi connectivity index (χ4v) is 4.06. The van der Waals surface area contributed by atoms with E-state index in [1.54, 1.807) is 13.8 Å². The summed E-state index contributed by atoms with van der Waals surface area (Å²) in [6, 6.07) is 7.24. The van der Waals surface area contributed by atoms with Crippen molar-refractivity contribution in [3.05, 3.63) is 55.5 Å². The first-order chi connectivity index (χ1) is 14.1. The Bertz CT molecular complexity index is 832. The van der Waals surface area contributed by atoms with Gasteiger partial charge in [0.2, 0.25) is 0 Å². The Morgan fingerprint density at radius 1 is 0.613 bits per heavy atom. The van der Waals surface area contributed by atoms with E-state index in [0.717, 1.165) is 11.1 Å². The molecule has 2 aromatic rings. The van der Waals surface area contributed by atoms with Crippen LogP contribution in [0, 0.1) is 0 Å². The summed E-state index contributed by atoms with van der Waals surface area (Å²) in [6.07, 6.45) is 1.17. The molecule has 0 amide bonds. The molecule has 172 valence electrons. The Morgan fingerprint density at radius 2 is 0.871 bits per heavy atom. The minimum atomic E-state index is -0.906. The van der Waals surface area contributed by atoms with Crippen LogP contribution in [0.3, 0.4) is 0 Å². The van der Waals surface area contributed by atoms with Gasteiger partial charge in [-0.15, -0.1) is 0 Å². The van der Waals surface area contributed by atoms with Crippen LogP contribution in [0.25, 0.3) is 0 Å². The summed E-state index contributed by atoms with van der Waals surface area (Å²) in [5, 5.41) is -0.335. The van der Waals surface area contributed by atoms with Gasteiger partial charge in [-0.2, -0.15) is 0 Å². The summed E-state index contributed by atoms with van der Waals surface area (Å²) in [4.78, 5) is 0. The summed E-state index contributed by atoms with van der Waals surface area (Å²) < 4.78 is 11.7. The minimum Gasteiger partial charge on any atom is -0.469 e. The highest BCUT2D eigenvalue weighted by molar-refractivity contribution is 6.38. The van der Waals surface area contributed by atoms with E-state index in [4.69, 9.17) is 79.1 Å². The monoisotopic (exact) mass is 544 g/mol. The van der Waals surface area contributed by atoms with Crippen molar-refractivity contribution in [3.8, 4) is 11.5 Å². The van der Waals surface area contributed by atoms with Crippen molar-refractivity contribution >= 4 is 69.6 Å². The van der Waals surface area contributed by atoms with Gasteiger partial charge in [0, 0.05) is 5.41 Å². The molecule has 0 bridgehead atoms. The number of hydrogen-bond acceptors (Lipinski definition) is 2. The highest BCUT2D eigenvalue weighted by Crippen LogP contribution is 2.45. The Hall–Kier alpha value is -0.220. The first kappa shape index (κ1) is 27.0. The molecular weight excluding hydrogens is 521 g/mol. The molecule has 2 nitrogen and oxygen atoms in total. The van der Waals surface area contributed by atoms with Gasteiger partial charge in [0.25, 0.3) is 0 Å². The van der Waals surface area contributed by atoms with Crippen LogP contribution in [0.2, 0.25) is 20.1 Å². The molecule has 0 saturated carbocycles. The normalized spacial score (nSPS) is 15.9. The molecule has 0 aliphatic rings. The highest BCUT2D eigenvalue weighted by Gasteiger charge is 2.30. The van der Waals surface area contributed by atoms with Crippen molar-refractivity contribution in [2.24, 2.45) is 0 Å². The molecule has 0 N–H and O–H groups in total. The van der Waals surface area contributed by atoms with Gasteiger partial charge in [0.05, 0.1) is 20.1 Å². The van der Waals surface area contributed by atoms with E-state index in [0.29, 0.717) is 44.4 Å². The second-order valence-corrected chi connectivity index (χ2v) is 11.5. The minimum absolute atomic E-state index is 0.350. The number of ether oxygens (including phenoxy) is 2. The number of hydrogen-bond donors (Lipinski definition) is 0. The Kier molecular flexibility index (Phi) is 8.68. The van der Waals surface area contributed by atoms with Gasteiger partial charge in [-0.1, -0.05) is 97.3 Å². The van der Waals surface area contributed by atoms with Crippen LogP contribution < -0.4 is 9.47 Å². The lowest BCUT2D eigenvalue weighted by atomic mass is 9.78.